The molecule has 6 nitrogen and oxygen atoms in total. The van der Waals surface area contributed by atoms with Crippen LogP contribution in [0.15, 0.2) is 78.9 Å². The maximum Gasteiger partial charge on any atom is 0.242 e. The fourth-order valence-corrected chi connectivity index (χ4v) is 4.79. The number of hydrogen-bond donors (Lipinski definition) is 2. The van der Waals surface area contributed by atoms with Crippen molar-refractivity contribution in [3.8, 4) is 11.3 Å². The Kier molecular flexibility index (Phi) is 6.98. The molecule has 36 heavy (non-hydrogen) atoms. The van der Waals surface area contributed by atoms with Crippen molar-refractivity contribution < 1.29 is 14.0 Å². The van der Waals surface area contributed by atoms with Crippen molar-refractivity contribution >= 4 is 28.4 Å². The molecule has 2 heterocycles. The summed E-state index contributed by atoms with van der Waals surface area (Å²) in [5.41, 5.74) is 4.90. The second kappa shape index (κ2) is 10.6. The van der Waals surface area contributed by atoms with E-state index in [4.69, 9.17) is 0 Å². The highest BCUT2D eigenvalue weighted by atomic mass is 19.1. The minimum absolute atomic E-state index is 0.00285. The standard InChI is InChI=1S/C29H29FN4O2/c30-22-12-10-21(11-13-22)29-25(24-8-4-5-9-26(24)32-29)14-15-27(35)31-20-28(36)34-18-16-33(17-19-34)23-6-2-1-3-7-23/h1-13,32H,14-20H2,(H,31,35). The summed E-state index contributed by atoms with van der Waals surface area (Å²) < 4.78 is 13.4. The van der Waals surface area contributed by atoms with Gasteiger partial charge >= 0.3 is 0 Å². The van der Waals surface area contributed by atoms with Crippen molar-refractivity contribution in [2.24, 2.45) is 0 Å². The van der Waals surface area contributed by atoms with Gasteiger partial charge in [0.25, 0.3) is 0 Å². The van der Waals surface area contributed by atoms with Gasteiger partial charge in [-0.25, -0.2) is 4.39 Å². The van der Waals surface area contributed by atoms with Gasteiger partial charge < -0.3 is 20.1 Å². The van der Waals surface area contributed by atoms with E-state index < -0.39 is 0 Å². The Balaban J connectivity index is 1.16. The van der Waals surface area contributed by atoms with Crippen LogP contribution in [0.5, 0.6) is 0 Å². The number of para-hydroxylation sites is 2. The summed E-state index contributed by atoms with van der Waals surface area (Å²) in [6.45, 7) is 2.83. The van der Waals surface area contributed by atoms with Gasteiger partial charge in [-0.2, -0.15) is 0 Å². The molecule has 1 fully saturated rings. The molecule has 184 valence electrons. The molecule has 0 atom stereocenters. The molecule has 0 aliphatic carbocycles. The molecule has 7 heteroatoms. The number of nitrogens with one attached hydrogen (secondary N) is 2. The van der Waals surface area contributed by atoms with E-state index in [0.29, 0.717) is 19.5 Å². The van der Waals surface area contributed by atoms with Crippen LogP contribution in [-0.4, -0.2) is 54.4 Å². The highest BCUT2D eigenvalue weighted by Gasteiger charge is 2.22. The van der Waals surface area contributed by atoms with Crippen molar-refractivity contribution in [3.05, 3.63) is 90.2 Å². The van der Waals surface area contributed by atoms with Crippen molar-refractivity contribution in [1.82, 2.24) is 15.2 Å². The van der Waals surface area contributed by atoms with Crippen LogP contribution in [-0.2, 0) is 16.0 Å². The first-order valence-corrected chi connectivity index (χ1v) is 12.3. The Morgan fingerprint density at radius 1 is 0.861 bits per heavy atom. The predicted octanol–water partition coefficient (Wildman–Crippen LogP) is 4.37. The first-order valence-electron chi connectivity index (χ1n) is 12.3. The Labute approximate surface area is 209 Å². The van der Waals surface area contributed by atoms with Crippen LogP contribution in [0.2, 0.25) is 0 Å². The fraction of sp³-hybridized carbons (Fsp3) is 0.241. The number of aryl methyl sites for hydroxylation is 1. The second-order valence-corrected chi connectivity index (χ2v) is 9.01. The minimum atomic E-state index is -0.290. The van der Waals surface area contributed by atoms with E-state index in [2.05, 4.69) is 27.3 Å². The molecular formula is C29H29FN4O2. The van der Waals surface area contributed by atoms with Gasteiger partial charge in [0.05, 0.1) is 6.54 Å². The largest absolute Gasteiger partial charge is 0.368 e. The third-order valence-corrected chi connectivity index (χ3v) is 6.74. The molecule has 2 N–H and O–H groups in total. The molecule has 1 aliphatic rings. The summed E-state index contributed by atoms with van der Waals surface area (Å²) in [6, 6.07) is 24.4. The molecule has 0 saturated carbocycles. The summed E-state index contributed by atoms with van der Waals surface area (Å²) in [7, 11) is 0. The van der Waals surface area contributed by atoms with Gasteiger partial charge in [0, 0.05) is 54.9 Å². The van der Waals surface area contributed by atoms with Gasteiger partial charge in [0.15, 0.2) is 0 Å². The summed E-state index contributed by atoms with van der Waals surface area (Å²) in [4.78, 5) is 32.8. The lowest BCUT2D eigenvalue weighted by Crippen LogP contribution is -2.51. The Bertz CT molecular complexity index is 1340. The zero-order valence-electron chi connectivity index (χ0n) is 20.0. The number of H-pyrrole nitrogens is 1. The molecule has 5 rings (SSSR count). The van der Waals surface area contributed by atoms with Crippen LogP contribution in [0.1, 0.15) is 12.0 Å². The quantitative estimate of drug-likeness (QED) is 0.409. The Hall–Kier alpha value is -4.13. The third kappa shape index (κ3) is 5.25. The van der Waals surface area contributed by atoms with E-state index in [1.807, 2.05) is 47.4 Å². The molecular weight excluding hydrogens is 455 g/mol. The maximum atomic E-state index is 13.4. The van der Waals surface area contributed by atoms with Crippen LogP contribution in [0.25, 0.3) is 22.2 Å². The van der Waals surface area contributed by atoms with E-state index in [1.165, 1.54) is 12.1 Å². The molecule has 0 bridgehead atoms. The number of benzene rings is 3. The lowest BCUT2D eigenvalue weighted by atomic mass is 10.0. The number of nitrogens with zero attached hydrogens (tertiary/aromatic N) is 2. The highest BCUT2D eigenvalue weighted by Crippen LogP contribution is 2.31. The van der Waals surface area contributed by atoms with E-state index in [9.17, 15) is 14.0 Å². The average molecular weight is 485 g/mol. The minimum Gasteiger partial charge on any atom is -0.368 e. The Morgan fingerprint density at radius 2 is 1.56 bits per heavy atom. The van der Waals surface area contributed by atoms with Gasteiger partial charge in [-0.1, -0.05) is 36.4 Å². The number of aromatic nitrogens is 1. The molecule has 3 aromatic carbocycles. The van der Waals surface area contributed by atoms with Gasteiger partial charge in [-0.05, 0) is 60.0 Å². The molecule has 1 aliphatic heterocycles. The van der Waals surface area contributed by atoms with E-state index in [0.717, 1.165) is 46.5 Å². The zero-order valence-corrected chi connectivity index (χ0v) is 20.0. The van der Waals surface area contributed by atoms with Crippen LogP contribution >= 0.6 is 0 Å². The maximum absolute atomic E-state index is 13.4. The van der Waals surface area contributed by atoms with Crippen molar-refractivity contribution in [1.29, 1.82) is 0 Å². The van der Waals surface area contributed by atoms with Crippen molar-refractivity contribution in [2.75, 3.05) is 37.6 Å². The molecule has 0 radical (unpaired) electrons. The third-order valence-electron chi connectivity index (χ3n) is 6.74. The summed E-state index contributed by atoms with van der Waals surface area (Å²) in [6.07, 6.45) is 0.762. The number of aromatic amines is 1. The van der Waals surface area contributed by atoms with Gasteiger partial charge in [0.2, 0.25) is 11.8 Å². The van der Waals surface area contributed by atoms with Crippen LogP contribution in [0.4, 0.5) is 10.1 Å². The fourth-order valence-electron chi connectivity index (χ4n) is 4.79. The Morgan fingerprint density at radius 3 is 2.31 bits per heavy atom. The van der Waals surface area contributed by atoms with Crippen LogP contribution < -0.4 is 10.2 Å². The number of fused-ring (bicyclic) bond motifs is 1. The molecule has 4 aromatic rings. The lowest BCUT2D eigenvalue weighted by molar-refractivity contribution is -0.133. The highest BCUT2D eigenvalue weighted by molar-refractivity contribution is 5.91. The summed E-state index contributed by atoms with van der Waals surface area (Å²) in [5.74, 6) is -0.515. The van der Waals surface area contributed by atoms with E-state index in [1.54, 1.807) is 12.1 Å². The summed E-state index contributed by atoms with van der Waals surface area (Å²) in [5, 5.41) is 3.84. The number of anilines is 1. The molecule has 1 saturated heterocycles. The van der Waals surface area contributed by atoms with Crippen LogP contribution in [0.3, 0.4) is 0 Å². The first-order chi connectivity index (χ1) is 17.6. The van der Waals surface area contributed by atoms with Gasteiger partial charge in [0.1, 0.15) is 5.82 Å². The lowest BCUT2D eigenvalue weighted by Gasteiger charge is -2.36. The van der Waals surface area contributed by atoms with Crippen molar-refractivity contribution in [3.63, 3.8) is 0 Å². The summed E-state index contributed by atoms with van der Waals surface area (Å²) >= 11 is 0. The first kappa shape index (κ1) is 23.6. The van der Waals surface area contributed by atoms with Crippen LogP contribution in [0, 0.1) is 5.82 Å². The number of carbonyl (C=O) groups is 2. The smallest absolute Gasteiger partial charge is 0.242 e. The van der Waals surface area contributed by atoms with Gasteiger partial charge in [-0.15, -0.1) is 0 Å². The topological polar surface area (TPSA) is 68.4 Å². The zero-order chi connectivity index (χ0) is 24.9. The van der Waals surface area contributed by atoms with Gasteiger partial charge in [-0.3, -0.25) is 9.59 Å². The second-order valence-electron chi connectivity index (χ2n) is 9.01. The monoisotopic (exact) mass is 484 g/mol. The molecule has 0 unspecified atom stereocenters. The average Bonchev–Trinajstić information content (AvgIpc) is 3.30. The van der Waals surface area contributed by atoms with E-state index in [-0.39, 0.29) is 30.6 Å². The molecule has 2 amide bonds. The number of amides is 2. The van der Waals surface area contributed by atoms with E-state index >= 15 is 0 Å². The number of carbonyl (C=O) groups excluding carboxylic acids is 2. The number of halogens is 1. The number of piperazine rings is 1. The normalized spacial score (nSPS) is 13.7. The van der Waals surface area contributed by atoms with Crippen molar-refractivity contribution in [2.45, 2.75) is 12.8 Å². The number of rotatable bonds is 7. The predicted molar refractivity (Wildman–Crippen MR) is 140 cm³/mol. The number of hydrogen-bond acceptors (Lipinski definition) is 3. The molecule has 1 aromatic heterocycles. The molecule has 0 spiro atoms. The SMILES string of the molecule is O=C(CCc1c(-c2ccc(F)cc2)[nH]c2ccccc12)NCC(=O)N1CCN(c2ccccc2)CC1.